The summed E-state index contributed by atoms with van der Waals surface area (Å²) in [5.41, 5.74) is 1.30. The quantitative estimate of drug-likeness (QED) is 0.476. The van der Waals surface area contributed by atoms with Crippen molar-refractivity contribution in [3.8, 4) is 11.5 Å². The fraction of sp³-hybridized carbons (Fsp3) is 0.381. The lowest BCUT2D eigenvalue weighted by molar-refractivity contribution is 0.102. The van der Waals surface area contributed by atoms with Gasteiger partial charge in [-0.05, 0) is 71.7 Å². The van der Waals surface area contributed by atoms with Crippen LogP contribution in [0.4, 0.5) is 5.69 Å². The number of anilines is 1. The summed E-state index contributed by atoms with van der Waals surface area (Å²) in [6, 6.07) is 12.8. The van der Waals surface area contributed by atoms with E-state index >= 15 is 0 Å². The van der Waals surface area contributed by atoms with E-state index in [1.165, 1.54) is 19.3 Å². The van der Waals surface area contributed by atoms with E-state index in [1.54, 1.807) is 18.2 Å². The Morgan fingerprint density at radius 2 is 1.77 bits per heavy atom. The number of amides is 1. The summed E-state index contributed by atoms with van der Waals surface area (Å²) in [4.78, 5) is 12.4. The maximum atomic E-state index is 12.4. The second-order valence-corrected chi connectivity index (χ2v) is 6.82. The first-order valence-electron chi connectivity index (χ1n) is 9.10. The van der Waals surface area contributed by atoms with Crippen LogP contribution in [0.2, 0.25) is 0 Å². The van der Waals surface area contributed by atoms with E-state index in [1.807, 2.05) is 31.2 Å². The standard InChI is InChI=1S/C21H26BrNO3/c1-3-5-6-7-14-26-18-11-9-17(10-12-18)23-21(24)16-8-13-20(25-4-2)19(22)15-16/h8-13,15H,3-7,14H2,1-2H3,(H,23,24). The Kier molecular flexibility index (Phi) is 8.48. The molecule has 4 nitrogen and oxygen atoms in total. The maximum absolute atomic E-state index is 12.4. The van der Waals surface area contributed by atoms with Crippen LogP contribution >= 0.6 is 15.9 Å². The molecule has 5 heteroatoms. The van der Waals surface area contributed by atoms with Crippen LogP contribution in [-0.2, 0) is 0 Å². The first-order chi connectivity index (χ1) is 12.6. The molecule has 0 aliphatic rings. The van der Waals surface area contributed by atoms with Crippen LogP contribution in [0.15, 0.2) is 46.9 Å². The third-order valence-corrected chi connectivity index (χ3v) is 4.49. The number of unbranched alkanes of at least 4 members (excludes halogenated alkanes) is 3. The average molecular weight is 420 g/mol. The van der Waals surface area contributed by atoms with Crippen molar-refractivity contribution < 1.29 is 14.3 Å². The van der Waals surface area contributed by atoms with E-state index < -0.39 is 0 Å². The van der Waals surface area contributed by atoms with Gasteiger partial charge < -0.3 is 14.8 Å². The molecule has 0 saturated heterocycles. The molecule has 0 aliphatic carbocycles. The topological polar surface area (TPSA) is 47.6 Å². The predicted molar refractivity (Wildman–Crippen MR) is 109 cm³/mol. The zero-order chi connectivity index (χ0) is 18.8. The molecule has 0 spiro atoms. The van der Waals surface area contributed by atoms with Crippen molar-refractivity contribution >= 4 is 27.5 Å². The number of hydrogen-bond donors (Lipinski definition) is 1. The van der Waals surface area contributed by atoms with Gasteiger partial charge in [-0.25, -0.2) is 0 Å². The normalized spacial score (nSPS) is 10.4. The van der Waals surface area contributed by atoms with Crippen molar-refractivity contribution in [2.75, 3.05) is 18.5 Å². The van der Waals surface area contributed by atoms with E-state index in [9.17, 15) is 4.79 Å². The Morgan fingerprint density at radius 1 is 1.00 bits per heavy atom. The van der Waals surface area contributed by atoms with E-state index in [0.29, 0.717) is 12.2 Å². The number of nitrogens with one attached hydrogen (secondary N) is 1. The highest BCUT2D eigenvalue weighted by Crippen LogP contribution is 2.26. The first-order valence-corrected chi connectivity index (χ1v) is 9.90. The van der Waals surface area contributed by atoms with Gasteiger partial charge in [-0.2, -0.15) is 0 Å². The summed E-state index contributed by atoms with van der Waals surface area (Å²) in [7, 11) is 0. The zero-order valence-corrected chi connectivity index (χ0v) is 17.0. The van der Waals surface area contributed by atoms with Crippen molar-refractivity contribution in [2.24, 2.45) is 0 Å². The molecule has 0 fully saturated rings. The molecule has 0 aromatic heterocycles. The smallest absolute Gasteiger partial charge is 0.255 e. The molecule has 140 valence electrons. The third kappa shape index (κ3) is 6.37. The molecule has 1 N–H and O–H groups in total. The number of rotatable bonds is 10. The molecule has 1 amide bonds. The van der Waals surface area contributed by atoms with Crippen molar-refractivity contribution in [2.45, 2.75) is 39.5 Å². The molecule has 0 heterocycles. The van der Waals surface area contributed by atoms with Crippen LogP contribution in [0.1, 0.15) is 49.9 Å². The minimum atomic E-state index is -0.165. The Balaban J connectivity index is 1.88. The largest absolute Gasteiger partial charge is 0.494 e. The van der Waals surface area contributed by atoms with Crippen LogP contribution < -0.4 is 14.8 Å². The minimum absolute atomic E-state index is 0.165. The lowest BCUT2D eigenvalue weighted by Crippen LogP contribution is -2.12. The van der Waals surface area contributed by atoms with Crippen LogP contribution in [-0.4, -0.2) is 19.1 Å². The lowest BCUT2D eigenvalue weighted by atomic mass is 10.2. The highest BCUT2D eigenvalue weighted by molar-refractivity contribution is 9.10. The number of hydrogen-bond acceptors (Lipinski definition) is 3. The summed E-state index contributed by atoms with van der Waals surface area (Å²) in [5, 5.41) is 2.89. The van der Waals surface area contributed by atoms with Crippen molar-refractivity contribution in [1.82, 2.24) is 0 Å². The SMILES string of the molecule is CCCCCCOc1ccc(NC(=O)c2ccc(OCC)c(Br)c2)cc1. The van der Waals surface area contributed by atoms with Gasteiger partial charge in [0.15, 0.2) is 0 Å². The molecule has 2 aromatic rings. The first kappa shape index (κ1) is 20.3. The molecule has 0 atom stereocenters. The summed E-state index contributed by atoms with van der Waals surface area (Å²) in [6.45, 7) is 5.43. The Bertz CT molecular complexity index is 701. The second kappa shape index (κ2) is 10.9. The molecule has 0 saturated carbocycles. The second-order valence-electron chi connectivity index (χ2n) is 5.97. The third-order valence-electron chi connectivity index (χ3n) is 3.87. The number of carbonyl (C=O) groups excluding carboxylic acids is 1. The fourth-order valence-corrected chi connectivity index (χ4v) is 2.96. The summed E-state index contributed by atoms with van der Waals surface area (Å²) < 4.78 is 11.9. The van der Waals surface area contributed by atoms with Gasteiger partial charge >= 0.3 is 0 Å². The van der Waals surface area contributed by atoms with Gasteiger partial charge in [0.25, 0.3) is 5.91 Å². The zero-order valence-electron chi connectivity index (χ0n) is 15.4. The van der Waals surface area contributed by atoms with Gasteiger partial charge in [0.05, 0.1) is 17.7 Å². The Morgan fingerprint density at radius 3 is 2.42 bits per heavy atom. The number of carbonyl (C=O) groups is 1. The van der Waals surface area contributed by atoms with E-state index in [0.717, 1.165) is 34.7 Å². The Labute approximate surface area is 164 Å². The van der Waals surface area contributed by atoms with Crippen molar-refractivity contribution in [3.63, 3.8) is 0 Å². The highest BCUT2D eigenvalue weighted by Gasteiger charge is 2.09. The van der Waals surface area contributed by atoms with E-state index in [2.05, 4.69) is 28.2 Å². The molecule has 2 rings (SSSR count). The van der Waals surface area contributed by atoms with Gasteiger partial charge in [-0.1, -0.05) is 26.2 Å². The van der Waals surface area contributed by atoms with E-state index in [4.69, 9.17) is 9.47 Å². The van der Waals surface area contributed by atoms with Gasteiger partial charge in [-0.3, -0.25) is 4.79 Å². The number of benzene rings is 2. The van der Waals surface area contributed by atoms with Crippen molar-refractivity contribution in [1.29, 1.82) is 0 Å². The molecule has 2 aromatic carbocycles. The Hall–Kier alpha value is -2.01. The minimum Gasteiger partial charge on any atom is -0.494 e. The summed E-state index contributed by atoms with van der Waals surface area (Å²) >= 11 is 3.43. The predicted octanol–water partition coefficient (Wildman–Crippen LogP) is 6.06. The monoisotopic (exact) mass is 419 g/mol. The number of ether oxygens (including phenoxy) is 2. The fourth-order valence-electron chi connectivity index (χ4n) is 2.47. The molecular formula is C21H26BrNO3. The summed E-state index contributed by atoms with van der Waals surface area (Å²) in [5.74, 6) is 1.38. The molecule has 0 bridgehead atoms. The molecular weight excluding hydrogens is 394 g/mol. The molecule has 0 aliphatic heterocycles. The lowest BCUT2D eigenvalue weighted by Gasteiger charge is -2.10. The average Bonchev–Trinajstić information content (AvgIpc) is 2.64. The van der Waals surface area contributed by atoms with E-state index in [-0.39, 0.29) is 5.91 Å². The van der Waals surface area contributed by atoms with Gasteiger partial charge in [0.2, 0.25) is 0 Å². The van der Waals surface area contributed by atoms with Crippen molar-refractivity contribution in [3.05, 3.63) is 52.5 Å². The van der Waals surface area contributed by atoms with Crippen LogP contribution in [0, 0.1) is 0 Å². The van der Waals surface area contributed by atoms with Crippen LogP contribution in [0.3, 0.4) is 0 Å². The van der Waals surface area contributed by atoms with Gasteiger partial charge in [-0.15, -0.1) is 0 Å². The highest BCUT2D eigenvalue weighted by atomic mass is 79.9. The summed E-state index contributed by atoms with van der Waals surface area (Å²) in [6.07, 6.45) is 4.73. The molecule has 0 unspecified atom stereocenters. The maximum Gasteiger partial charge on any atom is 0.255 e. The molecule has 26 heavy (non-hydrogen) atoms. The van der Waals surface area contributed by atoms with Gasteiger partial charge in [0.1, 0.15) is 11.5 Å². The van der Waals surface area contributed by atoms with Gasteiger partial charge in [0, 0.05) is 11.3 Å². The van der Waals surface area contributed by atoms with Crippen LogP contribution in [0.5, 0.6) is 11.5 Å². The van der Waals surface area contributed by atoms with Crippen LogP contribution in [0.25, 0.3) is 0 Å². The number of halogens is 1. The molecule has 0 radical (unpaired) electrons.